The molecule has 25 heavy (non-hydrogen) atoms. The van der Waals surface area contributed by atoms with Crippen molar-refractivity contribution in [2.24, 2.45) is 0 Å². The van der Waals surface area contributed by atoms with E-state index in [0.717, 1.165) is 34.7 Å². The summed E-state index contributed by atoms with van der Waals surface area (Å²) in [6, 6.07) is 10.1. The minimum absolute atomic E-state index is 0.0110. The van der Waals surface area contributed by atoms with Crippen LogP contribution in [0.2, 0.25) is 5.02 Å². The van der Waals surface area contributed by atoms with E-state index in [1.165, 1.54) is 5.56 Å². The molecule has 0 radical (unpaired) electrons. The van der Waals surface area contributed by atoms with Crippen molar-refractivity contribution in [1.29, 1.82) is 0 Å². The van der Waals surface area contributed by atoms with Gasteiger partial charge in [0.1, 0.15) is 24.0 Å². The van der Waals surface area contributed by atoms with Gasteiger partial charge in [-0.3, -0.25) is 0 Å². The zero-order chi connectivity index (χ0) is 17.4. The van der Waals surface area contributed by atoms with Gasteiger partial charge in [-0.15, -0.1) is 0 Å². The number of anilines is 1. The molecule has 0 bridgehead atoms. The number of ether oxygens (including phenoxy) is 1. The van der Waals surface area contributed by atoms with Crippen molar-refractivity contribution in [2.75, 3.05) is 12.4 Å². The maximum Gasteiger partial charge on any atom is 0.147 e. The van der Waals surface area contributed by atoms with Gasteiger partial charge in [0.2, 0.25) is 0 Å². The number of hydrogen-bond acceptors (Lipinski definition) is 4. The highest BCUT2D eigenvalue weighted by Gasteiger charge is 2.32. The van der Waals surface area contributed by atoms with Crippen molar-refractivity contribution in [2.45, 2.75) is 38.0 Å². The summed E-state index contributed by atoms with van der Waals surface area (Å²) >= 11 is 6.00. The highest BCUT2D eigenvalue weighted by molar-refractivity contribution is 6.30. The van der Waals surface area contributed by atoms with Gasteiger partial charge in [-0.1, -0.05) is 30.7 Å². The van der Waals surface area contributed by atoms with Crippen molar-refractivity contribution in [3.05, 3.63) is 53.4 Å². The van der Waals surface area contributed by atoms with Crippen LogP contribution in [0.4, 0.5) is 5.82 Å². The van der Waals surface area contributed by atoms with Crippen molar-refractivity contribution in [3.63, 3.8) is 0 Å². The molecule has 0 aliphatic carbocycles. The van der Waals surface area contributed by atoms with Crippen LogP contribution in [0.5, 0.6) is 0 Å². The van der Waals surface area contributed by atoms with E-state index < -0.39 is 0 Å². The second-order valence-corrected chi connectivity index (χ2v) is 6.92. The number of hydrogen-bond donors (Lipinski definition) is 1. The maximum absolute atomic E-state index is 6.38. The molecule has 3 aromatic rings. The topological polar surface area (TPSA) is 52.0 Å². The van der Waals surface area contributed by atoms with Gasteiger partial charge in [0.15, 0.2) is 0 Å². The molecule has 3 atom stereocenters. The lowest BCUT2D eigenvalue weighted by Gasteiger charge is -2.21. The summed E-state index contributed by atoms with van der Waals surface area (Å²) in [5.74, 6) is 1.17. The molecule has 3 unspecified atom stereocenters. The molecule has 1 saturated heterocycles. The molecule has 1 fully saturated rings. The quantitative estimate of drug-likeness (QED) is 0.741. The van der Waals surface area contributed by atoms with Gasteiger partial charge in [-0.2, -0.15) is 0 Å². The van der Waals surface area contributed by atoms with Gasteiger partial charge >= 0.3 is 0 Å². The number of aromatic nitrogens is 3. The van der Waals surface area contributed by atoms with Crippen molar-refractivity contribution < 1.29 is 4.74 Å². The zero-order valence-electron chi connectivity index (χ0n) is 14.3. The number of nitrogens with one attached hydrogen (secondary N) is 1. The molecule has 1 N–H and O–H groups in total. The number of rotatable bonds is 4. The van der Waals surface area contributed by atoms with Crippen LogP contribution in [0, 0.1) is 0 Å². The van der Waals surface area contributed by atoms with Crippen LogP contribution in [0.3, 0.4) is 0 Å². The minimum atomic E-state index is 0.0110. The Morgan fingerprint density at radius 2 is 2.00 bits per heavy atom. The van der Waals surface area contributed by atoms with Gasteiger partial charge in [0.05, 0.1) is 11.5 Å². The first-order chi connectivity index (χ1) is 12.2. The first-order valence-electron chi connectivity index (χ1n) is 8.57. The second-order valence-electron chi connectivity index (χ2n) is 6.48. The smallest absolute Gasteiger partial charge is 0.147 e. The summed E-state index contributed by atoms with van der Waals surface area (Å²) in [5.41, 5.74) is 2.16. The number of benzene rings is 1. The van der Waals surface area contributed by atoms with E-state index in [9.17, 15) is 0 Å². The predicted molar refractivity (Wildman–Crippen MR) is 100 cm³/mol. The van der Waals surface area contributed by atoms with Gasteiger partial charge in [0.25, 0.3) is 0 Å². The molecule has 3 heterocycles. The van der Waals surface area contributed by atoms with Crippen molar-refractivity contribution >= 4 is 28.5 Å². The second kappa shape index (κ2) is 6.65. The van der Waals surface area contributed by atoms with Crippen LogP contribution in [0.25, 0.3) is 11.0 Å². The van der Waals surface area contributed by atoms with E-state index in [-0.39, 0.29) is 12.3 Å². The number of nitrogens with zero attached hydrogens (tertiary/aromatic N) is 3. The van der Waals surface area contributed by atoms with Crippen LogP contribution in [-0.4, -0.2) is 27.7 Å². The highest BCUT2D eigenvalue weighted by Crippen LogP contribution is 2.38. The fourth-order valence-electron chi connectivity index (χ4n) is 3.60. The van der Waals surface area contributed by atoms with Gasteiger partial charge in [-0.05, 0) is 36.6 Å². The normalized spacial score (nSPS) is 21.6. The molecule has 1 aromatic carbocycles. The maximum atomic E-state index is 6.38. The lowest BCUT2D eigenvalue weighted by molar-refractivity contribution is -0.00558. The molecule has 0 spiro atoms. The molecule has 0 saturated carbocycles. The average molecular weight is 357 g/mol. The summed E-state index contributed by atoms with van der Waals surface area (Å²) < 4.78 is 8.50. The monoisotopic (exact) mass is 356 g/mol. The third-order valence-corrected chi connectivity index (χ3v) is 5.29. The van der Waals surface area contributed by atoms with E-state index in [1.54, 1.807) is 6.33 Å². The van der Waals surface area contributed by atoms with Crippen molar-refractivity contribution in [1.82, 2.24) is 14.5 Å². The molecule has 1 aliphatic rings. The molecule has 0 amide bonds. The molecular formula is C19H21ClN4O. The van der Waals surface area contributed by atoms with E-state index in [0.29, 0.717) is 5.92 Å². The summed E-state index contributed by atoms with van der Waals surface area (Å²) in [5, 5.41) is 4.89. The largest absolute Gasteiger partial charge is 0.372 e. The van der Waals surface area contributed by atoms with E-state index in [2.05, 4.69) is 38.9 Å². The Hall–Kier alpha value is -2.11. The van der Waals surface area contributed by atoms with E-state index in [4.69, 9.17) is 16.3 Å². The summed E-state index contributed by atoms with van der Waals surface area (Å²) in [6.45, 7) is 2.21. The van der Waals surface area contributed by atoms with Crippen LogP contribution < -0.4 is 5.32 Å². The third-order valence-electron chi connectivity index (χ3n) is 5.04. The molecule has 5 nitrogen and oxygen atoms in total. The Kier molecular flexibility index (Phi) is 4.36. The van der Waals surface area contributed by atoms with Gasteiger partial charge in [-0.25, -0.2) is 9.97 Å². The highest BCUT2D eigenvalue weighted by atomic mass is 35.5. The summed E-state index contributed by atoms with van der Waals surface area (Å²) in [7, 11) is 1.87. The number of fused-ring (bicyclic) bond motifs is 1. The molecule has 2 aromatic heterocycles. The summed E-state index contributed by atoms with van der Waals surface area (Å²) in [4.78, 5) is 8.72. The van der Waals surface area contributed by atoms with E-state index >= 15 is 0 Å². The van der Waals surface area contributed by atoms with Crippen LogP contribution >= 0.6 is 11.6 Å². The van der Waals surface area contributed by atoms with Gasteiger partial charge in [0, 0.05) is 24.2 Å². The third kappa shape index (κ3) is 2.98. The Morgan fingerprint density at radius 3 is 2.76 bits per heavy atom. The molecule has 1 aliphatic heterocycles. The lowest BCUT2D eigenvalue weighted by atomic mass is 9.94. The molecular weight excluding hydrogens is 336 g/mol. The van der Waals surface area contributed by atoms with Crippen LogP contribution in [0.1, 0.15) is 37.5 Å². The Bertz CT molecular complexity index is 877. The summed E-state index contributed by atoms with van der Waals surface area (Å²) in [6.07, 6.45) is 5.84. The molecule has 6 heteroatoms. The lowest BCUT2D eigenvalue weighted by Crippen LogP contribution is -2.17. The molecule has 4 rings (SSSR count). The van der Waals surface area contributed by atoms with Crippen LogP contribution in [-0.2, 0) is 4.74 Å². The minimum Gasteiger partial charge on any atom is -0.372 e. The SMILES string of the molecule is CNc1ncnc2c1ccn2C1CCC(C(C)c2ccc(Cl)cc2)O1. The fourth-order valence-corrected chi connectivity index (χ4v) is 3.73. The standard InChI is InChI=1S/C19H21ClN4O/c1-12(13-3-5-14(20)6-4-13)16-7-8-17(25-16)24-10-9-15-18(21-2)22-11-23-19(15)24/h3-6,9-12,16-17H,7-8H2,1-2H3,(H,21,22,23). The van der Waals surface area contributed by atoms with Gasteiger partial charge < -0.3 is 14.6 Å². The van der Waals surface area contributed by atoms with Crippen LogP contribution in [0.15, 0.2) is 42.9 Å². The Labute approximate surface area is 152 Å². The number of halogens is 1. The predicted octanol–water partition coefficient (Wildman–Crippen LogP) is 4.61. The zero-order valence-corrected chi connectivity index (χ0v) is 15.1. The first kappa shape index (κ1) is 16.4. The van der Waals surface area contributed by atoms with E-state index in [1.807, 2.05) is 31.4 Å². The molecule has 130 valence electrons. The van der Waals surface area contributed by atoms with Crippen molar-refractivity contribution in [3.8, 4) is 0 Å². The first-order valence-corrected chi connectivity index (χ1v) is 8.95. The average Bonchev–Trinajstić information content (AvgIpc) is 3.28. The fraction of sp³-hybridized carbons (Fsp3) is 0.368. The Balaban J connectivity index is 1.55. The Morgan fingerprint density at radius 1 is 1.20 bits per heavy atom.